The molecule has 0 radical (unpaired) electrons. The van der Waals surface area contributed by atoms with Gasteiger partial charge in [-0.2, -0.15) is 0 Å². The highest BCUT2D eigenvalue weighted by molar-refractivity contribution is 4.71. The van der Waals surface area contributed by atoms with Crippen molar-refractivity contribution in [2.45, 2.75) is 46.5 Å². The standard InChI is InChI=1S/C10H20.H2/c1-8(2)10-6-4-9(3)5-7-10;/h8-10H,4-7H2,1-3H3;1H/i;1+1D. The summed E-state index contributed by atoms with van der Waals surface area (Å²) in [5.74, 6) is 2.97. The highest BCUT2D eigenvalue weighted by Gasteiger charge is 2.19. The maximum Gasteiger partial charge on any atom is 0 e. The maximum absolute atomic E-state index is 5.00. The van der Waals surface area contributed by atoms with Crippen LogP contribution in [0.1, 0.15) is 49.4 Å². The van der Waals surface area contributed by atoms with Crippen LogP contribution in [0.3, 0.4) is 0 Å². The molecule has 0 bridgehead atoms. The lowest BCUT2D eigenvalue weighted by Gasteiger charge is -2.28. The first-order chi connectivity index (χ1) is 5.70. The summed E-state index contributed by atoms with van der Waals surface area (Å²) in [5, 5.41) is 0. The first-order valence-electron chi connectivity index (χ1n) is 5.70. The summed E-state index contributed by atoms with van der Waals surface area (Å²) >= 11 is 0. The molecular formula is C10H22. The average Bonchev–Trinajstić information content (AvgIpc) is 2.09. The van der Waals surface area contributed by atoms with Crippen LogP contribution in [0.15, 0.2) is 0 Å². The lowest BCUT2D eigenvalue weighted by atomic mass is 9.78. The quantitative estimate of drug-likeness (QED) is 0.526. The third kappa shape index (κ3) is 2.00. The molecule has 0 heterocycles. The van der Waals surface area contributed by atoms with E-state index in [4.69, 9.17) is 2.97 Å². The molecule has 0 aromatic rings. The number of rotatable bonds is 1. The highest BCUT2D eigenvalue weighted by Crippen LogP contribution is 2.32. The third-order valence-electron chi connectivity index (χ3n) is 3.00. The van der Waals surface area contributed by atoms with Crippen LogP contribution in [0.25, 0.3) is 0 Å². The molecule has 0 atom stereocenters. The highest BCUT2D eigenvalue weighted by atomic mass is 14.3. The zero-order valence-electron chi connectivity index (χ0n) is 9.56. The summed E-state index contributed by atoms with van der Waals surface area (Å²) in [6.45, 7) is 7.11. The maximum atomic E-state index is 5.00. The zero-order chi connectivity index (χ0) is 9.56. The summed E-state index contributed by atoms with van der Waals surface area (Å²) in [7, 11) is 0. The smallest absolute Gasteiger partial charge is 0 e. The zero-order valence-corrected chi connectivity index (χ0v) is 7.56. The molecule has 1 saturated carbocycles. The van der Waals surface area contributed by atoms with E-state index in [1.807, 2.05) is 0 Å². The lowest BCUT2D eigenvalue weighted by molar-refractivity contribution is 0.234. The molecule has 0 N–H and O–H groups in total. The van der Waals surface area contributed by atoms with Crippen LogP contribution in [0.2, 0.25) is 0 Å². The normalized spacial score (nSPS) is 35.6. The van der Waals surface area contributed by atoms with E-state index in [-0.39, 0.29) is 0 Å². The van der Waals surface area contributed by atoms with Crippen LogP contribution in [0.5, 0.6) is 0 Å². The molecule has 1 fully saturated rings. The fourth-order valence-electron chi connectivity index (χ4n) is 1.95. The molecular weight excluding hydrogens is 120 g/mol. The van der Waals surface area contributed by atoms with E-state index in [2.05, 4.69) is 20.8 Å². The van der Waals surface area contributed by atoms with Gasteiger partial charge in [-0.15, -0.1) is 0 Å². The predicted molar refractivity (Wildman–Crippen MR) is 48.1 cm³/mol. The minimum absolute atomic E-state index is 0.924. The van der Waals surface area contributed by atoms with Gasteiger partial charge in [0.2, 0.25) is 0 Å². The summed E-state index contributed by atoms with van der Waals surface area (Å²) in [6, 6.07) is 0. The van der Waals surface area contributed by atoms with Crippen molar-refractivity contribution < 1.29 is 2.97 Å². The van der Waals surface area contributed by atoms with Gasteiger partial charge in [-0.1, -0.05) is 33.6 Å². The second kappa shape index (κ2) is 3.41. The van der Waals surface area contributed by atoms with E-state index in [9.17, 15) is 0 Å². The summed E-state index contributed by atoms with van der Waals surface area (Å²) in [5.41, 5.74) is 0. The summed E-state index contributed by atoms with van der Waals surface area (Å²) < 4.78 is 10.0. The van der Waals surface area contributed by atoms with Gasteiger partial charge in [-0.05, 0) is 30.6 Å². The topological polar surface area (TPSA) is 0 Å². The average molecular weight is 144 g/mol. The molecule has 0 aromatic heterocycles. The molecule has 1 aliphatic rings. The molecule has 1 aliphatic carbocycles. The Bertz CT molecular complexity index is 94.0. The van der Waals surface area contributed by atoms with Crippen molar-refractivity contribution in [3.05, 3.63) is 0 Å². The monoisotopic (exact) mass is 144 g/mol. The Morgan fingerprint density at radius 1 is 1.20 bits per heavy atom. The molecule has 1 rings (SSSR count). The van der Waals surface area contributed by atoms with Gasteiger partial charge in [-0.25, -0.2) is 0 Å². The van der Waals surface area contributed by atoms with Gasteiger partial charge < -0.3 is 0 Å². The fraction of sp³-hybridized carbons (Fsp3) is 1.00. The Balaban J connectivity index is 0.000000561. The molecule has 0 heteroatoms. The van der Waals surface area contributed by atoms with Crippen LogP contribution in [0, 0.1) is 17.8 Å². The van der Waals surface area contributed by atoms with Crippen molar-refractivity contribution in [1.82, 2.24) is 0 Å². The van der Waals surface area contributed by atoms with Crippen LogP contribution < -0.4 is 0 Å². The largest absolute Gasteiger partial charge is 0.0625 e. The third-order valence-corrected chi connectivity index (χ3v) is 3.00. The Morgan fingerprint density at radius 3 is 2.10 bits per heavy atom. The van der Waals surface area contributed by atoms with Crippen molar-refractivity contribution >= 4 is 0 Å². The van der Waals surface area contributed by atoms with Gasteiger partial charge in [0.15, 0.2) is 0 Å². The van der Waals surface area contributed by atoms with E-state index in [1.54, 1.807) is 0 Å². The van der Waals surface area contributed by atoms with E-state index in [0.717, 1.165) is 17.8 Å². The van der Waals surface area contributed by atoms with Crippen molar-refractivity contribution in [3.63, 3.8) is 0 Å². The van der Waals surface area contributed by atoms with Crippen LogP contribution in [0.4, 0.5) is 0 Å². The molecule has 0 spiro atoms. The molecule has 62 valence electrons. The van der Waals surface area contributed by atoms with Gasteiger partial charge in [0.05, 0.1) is 0 Å². The van der Waals surface area contributed by atoms with Crippen LogP contribution in [-0.4, -0.2) is 0 Å². The summed E-state index contributed by atoms with van der Waals surface area (Å²) in [4.78, 5) is 0. The van der Waals surface area contributed by atoms with Gasteiger partial charge in [0.1, 0.15) is 0 Å². The minimum Gasteiger partial charge on any atom is -0.0625 e. The Kier molecular flexibility index (Phi) is 2.28. The van der Waals surface area contributed by atoms with Crippen LogP contribution >= 0.6 is 0 Å². The second-order valence-electron chi connectivity index (χ2n) is 4.26. The Labute approximate surface area is 68.1 Å². The van der Waals surface area contributed by atoms with Crippen molar-refractivity contribution in [1.29, 1.82) is 0 Å². The number of hydrogen-bond acceptors (Lipinski definition) is 0. The van der Waals surface area contributed by atoms with Gasteiger partial charge in [-0.3, -0.25) is 0 Å². The molecule has 0 saturated heterocycles. The SMILES string of the molecule is CC1CCC(C(C)C)CC1.[2H][2H]. The Morgan fingerprint density at radius 2 is 1.70 bits per heavy atom. The Hall–Kier alpha value is 0. The van der Waals surface area contributed by atoms with E-state index >= 15 is 0 Å². The molecule has 0 unspecified atom stereocenters. The van der Waals surface area contributed by atoms with Gasteiger partial charge in [0.25, 0.3) is 0 Å². The van der Waals surface area contributed by atoms with Crippen molar-refractivity contribution in [3.8, 4) is 0 Å². The summed E-state index contributed by atoms with van der Waals surface area (Å²) in [6.07, 6.45) is 5.92. The number of hydrogen-bond donors (Lipinski definition) is 0. The fourth-order valence-corrected chi connectivity index (χ4v) is 1.95. The van der Waals surface area contributed by atoms with E-state index < -0.39 is 0 Å². The van der Waals surface area contributed by atoms with E-state index in [0.29, 0.717) is 0 Å². The minimum atomic E-state index is 0.924. The molecule has 10 heavy (non-hydrogen) atoms. The van der Waals surface area contributed by atoms with Gasteiger partial charge in [0, 0.05) is 2.97 Å². The van der Waals surface area contributed by atoms with Crippen LogP contribution in [-0.2, 0) is 0 Å². The van der Waals surface area contributed by atoms with Crippen molar-refractivity contribution in [2.24, 2.45) is 17.8 Å². The molecule has 0 aliphatic heterocycles. The first kappa shape index (κ1) is 6.69. The van der Waals surface area contributed by atoms with Gasteiger partial charge >= 0.3 is 0 Å². The van der Waals surface area contributed by atoms with Crippen molar-refractivity contribution in [2.75, 3.05) is 0 Å². The molecule has 0 amide bonds. The predicted octanol–water partition coefficient (Wildman–Crippen LogP) is 3.71. The molecule has 0 nitrogen and oxygen atoms in total. The lowest BCUT2D eigenvalue weighted by Crippen LogP contribution is -2.16. The molecule has 0 aromatic carbocycles. The first-order valence-corrected chi connectivity index (χ1v) is 4.70. The van der Waals surface area contributed by atoms with E-state index in [1.165, 1.54) is 25.7 Å². The second-order valence-corrected chi connectivity index (χ2v) is 4.26.